The average Bonchev–Trinajstić information content (AvgIpc) is 3.15. The minimum Gasteiger partial charge on any atom is -0.485 e. The first-order valence-electron chi connectivity index (χ1n) is 13.7. The number of esters is 1. The summed E-state index contributed by atoms with van der Waals surface area (Å²) in [6.45, 7) is 20.7. The van der Waals surface area contributed by atoms with Crippen LogP contribution in [0.3, 0.4) is 0 Å². The number of halogens is 2. The third-order valence-electron chi connectivity index (χ3n) is 9.99. The van der Waals surface area contributed by atoms with Crippen molar-refractivity contribution in [3.8, 4) is 0 Å². The Balaban J connectivity index is 1.74. The number of aliphatic hydroxyl groups is 1. The molecular weight excluding hydrogens is 530 g/mol. The van der Waals surface area contributed by atoms with Gasteiger partial charge in [0.2, 0.25) is 0 Å². The number of hydrogen-bond acceptors (Lipinski definition) is 7. The fourth-order valence-corrected chi connectivity index (χ4v) is 8.35. The minimum atomic E-state index is -2.94. The zero-order valence-electron chi connectivity index (χ0n) is 24.7. The summed E-state index contributed by atoms with van der Waals surface area (Å²) in [7, 11) is -3.65. The van der Waals surface area contributed by atoms with E-state index in [4.69, 9.17) is 23.1 Å². The van der Waals surface area contributed by atoms with E-state index in [2.05, 4.69) is 54.6 Å². The standard InChI is InChI=1S/C27H46F2O7Si2/c1-25(2,3)37(8,9)35-15-13-17-22(33-17)18(15)20(28)23-27(29,24(31)32-7)19-16(12-14(30)21(19)34-23)36-38(10,11)26(4,5)6/h14-19,21-22,30H,12-13H2,1-11H3/b23-20+. The SMILES string of the molecule is COC(=O)C1(F)/C(=C(\F)C2C(O[Si](C)(C)C(C)(C)C)CC3OC32)OC2C(O)CC(O[Si](C)(C)C(C)(C)C)C21. The fraction of sp³-hybridized carbons (Fsp3) is 0.889. The molecule has 9 unspecified atom stereocenters. The molecular formula is C27H46F2O7Si2. The zero-order valence-corrected chi connectivity index (χ0v) is 26.7. The van der Waals surface area contributed by atoms with Crippen molar-refractivity contribution in [2.24, 2.45) is 11.8 Å². The van der Waals surface area contributed by atoms with Crippen LogP contribution in [-0.4, -0.2) is 77.1 Å². The molecule has 2 aliphatic heterocycles. The van der Waals surface area contributed by atoms with Gasteiger partial charge in [-0.05, 0) is 36.3 Å². The van der Waals surface area contributed by atoms with Crippen LogP contribution in [0.1, 0.15) is 54.4 Å². The van der Waals surface area contributed by atoms with E-state index in [9.17, 15) is 9.90 Å². The van der Waals surface area contributed by atoms with Crippen LogP contribution in [0, 0.1) is 11.8 Å². The summed E-state index contributed by atoms with van der Waals surface area (Å²) < 4.78 is 63.2. The van der Waals surface area contributed by atoms with Crippen LogP contribution in [0.4, 0.5) is 8.78 Å². The molecule has 4 rings (SSSR count). The average molecular weight is 577 g/mol. The van der Waals surface area contributed by atoms with Gasteiger partial charge < -0.3 is 28.2 Å². The van der Waals surface area contributed by atoms with Crippen LogP contribution < -0.4 is 0 Å². The Bertz CT molecular complexity index is 989. The first-order valence-corrected chi connectivity index (χ1v) is 19.5. The van der Waals surface area contributed by atoms with E-state index >= 15 is 8.78 Å². The molecule has 218 valence electrons. The van der Waals surface area contributed by atoms with Crippen molar-refractivity contribution in [3.05, 3.63) is 11.6 Å². The Kier molecular flexibility index (Phi) is 7.40. The summed E-state index contributed by atoms with van der Waals surface area (Å²) in [4.78, 5) is 13.1. The molecule has 0 aromatic carbocycles. The van der Waals surface area contributed by atoms with Crippen LogP contribution in [0.25, 0.3) is 0 Å². The highest BCUT2D eigenvalue weighted by Crippen LogP contribution is 2.58. The van der Waals surface area contributed by atoms with Crippen molar-refractivity contribution < 1.29 is 41.7 Å². The van der Waals surface area contributed by atoms with Crippen molar-refractivity contribution in [1.82, 2.24) is 0 Å². The highest BCUT2D eigenvalue weighted by atomic mass is 28.4. The van der Waals surface area contributed by atoms with Gasteiger partial charge in [0.1, 0.15) is 11.9 Å². The molecule has 2 heterocycles. The van der Waals surface area contributed by atoms with Gasteiger partial charge >= 0.3 is 5.97 Å². The Hall–Kier alpha value is -0.856. The van der Waals surface area contributed by atoms with Crippen molar-refractivity contribution in [2.45, 2.75) is 133 Å². The van der Waals surface area contributed by atoms with E-state index in [-0.39, 0.29) is 22.6 Å². The molecule has 4 aliphatic rings. The normalized spacial score (nSPS) is 40.5. The Morgan fingerprint density at radius 3 is 2.00 bits per heavy atom. The van der Waals surface area contributed by atoms with Gasteiger partial charge in [-0.2, -0.15) is 0 Å². The van der Waals surface area contributed by atoms with Gasteiger partial charge in [0.15, 0.2) is 22.4 Å². The fourth-order valence-electron chi connectivity index (χ4n) is 5.65. The molecule has 9 atom stereocenters. The maximum absolute atomic E-state index is 17.2. The molecule has 0 spiro atoms. The second-order valence-electron chi connectivity index (χ2n) is 14.5. The summed E-state index contributed by atoms with van der Waals surface area (Å²) in [5, 5.41) is 10.6. The molecule has 7 nitrogen and oxygen atoms in total. The zero-order chi connectivity index (χ0) is 28.8. The molecule has 0 radical (unpaired) electrons. The second-order valence-corrected chi connectivity index (χ2v) is 24.0. The predicted molar refractivity (Wildman–Crippen MR) is 144 cm³/mol. The van der Waals surface area contributed by atoms with Gasteiger partial charge in [-0.1, -0.05) is 41.5 Å². The van der Waals surface area contributed by atoms with Crippen molar-refractivity contribution in [3.63, 3.8) is 0 Å². The topological polar surface area (TPSA) is 86.8 Å². The van der Waals surface area contributed by atoms with Crippen molar-refractivity contribution in [2.75, 3.05) is 7.11 Å². The first-order chi connectivity index (χ1) is 17.2. The van der Waals surface area contributed by atoms with Gasteiger partial charge in [0.05, 0.1) is 49.5 Å². The molecule has 0 aromatic heterocycles. The molecule has 2 aliphatic carbocycles. The number of rotatable bonds is 6. The van der Waals surface area contributed by atoms with E-state index in [1.54, 1.807) is 0 Å². The lowest BCUT2D eigenvalue weighted by atomic mass is 9.84. The van der Waals surface area contributed by atoms with E-state index in [0.29, 0.717) is 6.42 Å². The number of ether oxygens (including phenoxy) is 3. The number of hydrogen-bond donors (Lipinski definition) is 1. The van der Waals surface area contributed by atoms with E-state index in [1.165, 1.54) is 0 Å². The highest BCUT2D eigenvalue weighted by molar-refractivity contribution is 6.74. The van der Waals surface area contributed by atoms with Crippen LogP contribution in [-0.2, 0) is 27.9 Å². The number of carbonyl (C=O) groups excluding carboxylic acids is 1. The molecule has 4 fully saturated rings. The molecule has 0 bridgehead atoms. The molecule has 1 N–H and O–H groups in total. The summed E-state index contributed by atoms with van der Waals surface area (Å²) in [5.74, 6) is -5.00. The Morgan fingerprint density at radius 1 is 0.974 bits per heavy atom. The number of aliphatic hydroxyl groups excluding tert-OH is 1. The van der Waals surface area contributed by atoms with Gasteiger partial charge in [-0.3, -0.25) is 0 Å². The van der Waals surface area contributed by atoms with Gasteiger partial charge in [0.25, 0.3) is 5.67 Å². The summed E-state index contributed by atoms with van der Waals surface area (Å²) in [5.41, 5.74) is -2.94. The Labute approximate surface area is 227 Å². The molecule has 2 saturated heterocycles. The number of carbonyl (C=O) groups is 1. The quantitative estimate of drug-likeness (QED) is 0.258. The maximum atomic E-state index is 17.2. The smallest absolute Gasteiger partial charge is 0.352 e. The second kappa shape index (κ2) is 9.34. The third-order valence-corrected chi connectivity index (χ3v) is 19.0. The highest BCUT2D eigenvalue weighted by Gasteiger charge is 2.71. The lowest BCUT2D eigenvalue weighted by molar-refractivity contribution is -0.156. The van der Waals surface area contributed by atoms with Crippen molar-refractivity contribution in [1.29, 1.82) is 0 Å². The number of epoxide rings is 1. The molecule has 11 heteroatoms. The van der Waals surface area contributed by atoms with Gasteiger partial charge in [-0.15, -0.1) is 0 Å². The predicted octanol–water partition coefficient (Wildman–Crippen LogP) is 5.40. The van der Waals surface area contributed by atoms with Crippen molar-refractivity contribution >= 4 is 22.6 Å². The van der Waals surface area contributed by atoms with E-state index in [1.807, 2.05) is 13.1 Å². The molecule has 38 heavy (non-hydrogen) atoms. The lowest BCUT2D eigenvalue weighted by Crippen LogP contribution is -2.51. The number of alkyl halides is 1. The third kappa shape index (κ3) is 4.72. The largest absolute Gasteiger partial charge is 0.485 e. The maximum Gasteiger partial charge on any atom is 0.352 e. The Morgan fingerprint density at radius 2 is 1.50 bits per heavy atom. The van der Waals surface area contributed by atoms with Crippen LogP contribution >= 0.6 is 0 Å². The minimum absolute atomic E-state index is 0.0910. The summed E-state index contributed by atoms with van der Waals surface area (Å²) in [6.07, 6.45) is -3.66. The van der Waals surface area contributed by atoms with Gasteiger partial charge in [-0.25, -0.2) is 13.6 Å². The van der Waals surface area contributed by atoms with Gasteiger partial charge in [0, 0.05) is 12.8 Å². The molecule has 2 saturated carbocycles. The van der Waals surface area contributed by atoms with E-state index < -0.39 is 82.2 Å². The van der Waals surface area contributed by atoms with Crippen LogP contribution in [0.5, 0.6) is 0 Å². The summed E-state index contributed by atoms with van der Waals surface area (Å²) >= 11 is 0. The first kappa shape index (κ1) is 30.1. The monoisotopic (exact) mass is 576 g/mol. The van der Waals surface area contributed by atoms with Crippen LogP contribution in [0.2, 0.25) is 36.3 Å². The lowest BCUT2D eigenvalue weighted by Gasteiger charge is -2.41. The van der Waals surface area contributed by atoms with Crippen LogP contribution in [0.15, 0.2) is 11.6 Å². The molecule has 0 amide bonds. The molecule has 0 aromatic rings. The number of methoxy groups -OCH3 is 1. The van der Waals surface area contributed by atoms with E-state index in [0.717, 1.165) is 7.11 Å². The number of fused-ring (bicyclic) bond motifs is 2. The summed E-state index contributed by atoms with van der Waals surface area (Å²) in [6, 6.07) is 0.